The maximum atomic E-state index is 12.7. The number of alkyl halides is 3. The molecule has 0 aliphatic carbocycles. The fourth-order valence-corrected chi connectivity index (χ4v) is 4.26. The molecular weight excluding hydrogens is 363 g/mol. The van der Waals surface area contributed by atoms with Gasteiger partial charge in [0.1, 0.15) is 16.7 Å². The van der Waals surface area contributed by atoms with Crippen molar-refractivity contribution in [1.29, 1.82) is 0 Å². The van der Waals surface area contributed by atoms with Crippen LogP contribution in [-0.4, -0.2) is 42.1 Å². The van der Waals surface area contributed by atoms with Crippen molar-refractivity contribution in [1.82, 2.24) is 14.4 Å². The normalized spacial score (nSPS) is 16.7. The van der Waals surface area contributed by atoms with E-state index in [-0.39, 0.29) is 35.3 Å². The van der Waals surface area contributed by atoms with Gasteiger partial charge in [-0.3, -0.25) is 0 Å². The van der Waals surface area contributed by atoms with Crippen molar-refractivity contribution in [3.8, 4) is 5.88 Å². The van der Waals surface area contributed by atoms with Crippen molar-refractivity contribution in [3.05, 3.63) is 35.3 Å². The molecule has 7 nitrogen and oxygen atoms in total. The zero-order chi connectivity index (χ0) is 18.4. The van der Waals surface area contributed by atoms with E-state index < -0.39 is 27.9 Å². The second kappa shape index (κ2) is 5.99. The van der Waals surface area contributed by atoms with E-state index in [0.717, 1.165) is 22.6 Å². The largest absolute Gasteiger partial charge is 0.472 e. The number of nitrogens with zero attached hydrogens (tertiary/aromatic N) is 3. The van der Waals surface area contributed by atoms with Crippen molar-refractivity contribution < 1.29 is 30.8 Å². The standard InChI is InChI=1S/C14H14F3N3O4S/c1-8-13(9(2)24-19-8)25(21,22)20-6-11(7-20)23-12-5-10(3-4-18-12)14(15,16)17/h3-5,11H,6-7H2,1-2H3. The summed E-state index contributed by atoms with van der Waals surface area (Å²) in [7, 11) is -3.78. The topological polar surface area (TPSA) is 85.5 Å². The Labute approximate surface area is 141 Å². The molecule has 136 valence electrons. The number of rotatable bonds is 4. The predicted molar refractivity (Wildman–Crippen MR) is 78.4 cm³/mol. The number of hydrogen-bond donors (Lipinski definition) is 0. The van der Waals surface area contributed by atoms with Crippen LogP contribution in [0.3, 0.4) is 0 Å². The minimum absolute atomic E-state index is 0.00291. The average Bonchev–Trinajstić information content (AvgIpc) is 2.81. The lowest BCUT2D eigenvalue weighted by Crippen LogP contribution is -2.56. The first-order valence-electron chi connectivity index (χ1n) is 7.22. The van der Waals surface area contributed by atoms with Gasteiger partial charge < -0.3 is 9.26 Å². The van der Waals surface area contributed by atoms with Gasteiger partial charge in [0, 0.05) is 12.3 Å². The smallest absolute Gasteiger partial charge is 0.416 e. The molecule has 1 aliphatic heterocycles. The second-order valence-corrected chi connectivity index (χ2v) is 7.47. The summed E-state index contributed by atoms with van der Waals surface area (Å²) in [6.07, 6.45) is -4.08. The summed E-state index contributed by atoms with van der Waals surface area (Å²) in [4.78, 5) is 3.73. The lowest BCUT2D eigenvalue weighted by molar-refractivity contribution is -0.137. The average molecular weight is 377 g/mol. The van der Waals surface area contributed by atoms with Gasteiger partial charge in [0.25, 0.3) is 0 Å². The van der Waals surface area contributed by atoms with Crippen molar-refractivity contribution in [2.75, 3.05) is 13.1 Å². The molecule has 0 unspecified atom stereocenters. The number of aromatic nitrogens is 2. The summed E-state index contributed by atoms with van der Waals surface area (Å²) in [5, 5.41) is 3.61. The first kappa shape index (κ1) is 17.7. The van der Waals surface area contributed by atoms with E-state index >= 15 is 0 Å². The molecule has 1 fully saturated rings. The molecule has 11 heteroatoms. The van der Waals surface area contributed by atoms with Crippen LogP contribution in [-0.2, 0) is 16.2 Å². The summed E-state index contributed by atoms with van der Waals surface area (Å²) in [6, 6.07) is 1.62. The first-order chi connectivity index (χ1) is 11.6. The van der Waals surface area contributed by atoms with Gasteiger partial charge in [0.2, 0.25) is 15.9 Å². The molecule has 0 N–H and O–H groups in total. The third-order valence-corrected chi connectivity index (χ3v) is 5.81. The summed E-state index contributed by atoms with van der Waals surface area (Å²) < 4.78 is 74.4. The molecule has 0 radical (unpaired) electrons. The van der Waals surface area contributed by atoms with E-state index in [0.29, 0.717) is 0 Å². The third kappa shape index (κ3) is 3.33. The Bertz CT molecular complexity index is 869. The highest BCUT2D eigenvalue weighted by Crippen LogP contribution is 2.32. The van der Waals surface area contributed by atoms with Crippen LogP contribution >= 0.6 is 0 Å². The predicted octanol–water partition coefficient (Wildman–Crippen LogP) is 2.16. The van der Waals surface area contributed by atoms with E-state index in [1.807, 2.05) is 0 Å². The highest BCUT2D eigenvalue weighted by molar-refractivity contribution is 7.89. The van der Waals surface area contributed by atoms with Gasteiger partial charge >= 0.3 is 6.18 Å². The summed E-state index contributed by atoms with van der Waals surface area (Å²) in [5.41, 5.74) is -0.626. The third-order valence-electron chi connectivity index (χ3n) is 3.73. The summed E-state index contributed by atoms with van der Waals surface area (Å²) >= 11 is 0. The molecule has 0 amide bonds. The zero-order valence-corrected chi connectivity index (χ0v) is 14.1. The molecule has 1 aliphatic rings. The molecule has 2 aromatic heterocycles. The zero-order valence-electron chi connectivity index (χ0n) is 13.2. The molecule has 25 heavy (non-hydrogen) atoms. The van der Waals surface area contributed by atoms with Gasteiger partial charge in [0.15, 0.2) is 5.76 Å². The molecule has 0 saturated carbocycles. The van der Waals surface area contributed by atoms with E-state index in [1.54, 1.807) is 0 Å². The molecule has 0 spiro atoms. The van der Waals surface area contributed by atoms with E-state index in [2.05, 4.69) is 10.1 Å². The Morgan fingerprint density at radius 3 is 2.56 bits per heavy atom. The van der Waals surface area contributed by atoms with E-state index in [9.17, 15) is 21.6 Å². The second-order valence-electron chi connectivity index (χ2n) is 5.60. The molecule has 0 bridgehead atoms. The summed E-state index contributed by atoms with van der Waals surface area (Å²) in [6.45, 7) is 3.02. The Balaban J connectivity index is 1.67. The molecule has 2 aromatic rings. The fourth-order valence-electron chi connectivity index (χ4n) is 2.46. The van der Waals surface area contributed by atoms with Crippen LogP contribution in [0.2, 0.25) is 0 Å². The lowest BCUT2D eigenvalue weighted by Gasteiger charge is -2.37. The van der Waals surface area contributed by atoms with Crippen molar-refractivity contribution >= 4 is 10.0 Å². The number of hydrogen-bond acceptors (Lipinski definition) is 6. The fraction of sp³-hybridized carbons (Fsp3) is 0.429. The highest BCUT2D eigenvalue weighted by atomic mass is 32.2. The monoisotopic (exact) mass is 377 g/mol. The van der Waals surface area contributed by atoms with Crippen molar-refractivity contribution in [3.63, 3.8) is 0 Å². The van der Waals surface area contributed by atoms with Gasteiger partial charge in [0.05, 0.1) is 18.7 Å². The van der Waals surface area contributed by atoms with Crippen LogP contribution in [0.4, 0.5) is 13.2 Å². The lowest BCUT2D eigenvalue weighted by atomic mass is 10.2. The minimum Gasteiger partial charge on any atom is -0.472 e. The maximum absolute atomic E-state index is 12.7. The van der Waals surface area contributed by atoms with Gasteiger partial charge in [-0.05, 0) is 19.9 Å². The number of pyridine rings is 1. The molecule has 3 rings (SSSR count). The summed E-state index contributed by atoms with van der Waals surface area (Å²) in [5.74, 6) is -0.0179. The van der Waals surface area contributed by atoms with Gasteiger partial charge in [-0.1, -0.05) is 5.16 Å². The molecule has 0 aromatic carbocycles. The minimum atomic E-state index is -4.50. The van der Waals surface area contributed by atoms with Crippen LogP contribution in [0, 0.1) is 13.8 Å². The Morgan fingerprint density at radius 2 is 2.00 bits per heavy atom. The number of aryl methyl sites for hydroxylation is 2. The number of sulfonamides is 1. The Kier molecular flexibility index (Phi) is 4.23. The van der Waals surface area contributed by atoms with Gasteiger partial charge in [-0.25, -0.2) is 13.4 Å². The van der Waals surface area contributed by atoms with Gasteiger partial charge in [-0.15, -0.1) is 0 Å². The molecular formula is C14H14F3N3O4S. The van der Waals surface area contributed by atoms with Crippen LogP contribution in [0.1, 0.15) is 17.0 Å². The van der Waals surface area contributed by atoms with E-state index in [1.165, 1.54) is 13.8 Å². The highest BCUT2D eigenvalue weighted by Gasteiger charge is 2.41. The Morgan fingerprint density at radius 1 is 1.32 bits per heavy atom. The number of ether oxygens (including phenoxy) is 1. The van der Waals surface area contributed by atoms with Crippen LogP contribution in [0.25, 0.3) is 0 Å². The molecule has 3 heterocycles. The maximum Gasteiger partial charge on any atom is 0.416 e. The van der Waals surface area contributed by atoms with Crippen LogP contribution in [0.5, 0.6) is 5.88 Å². The quantitative estimate of drug-likeness (QED) is 0.812. The molecule has 1 saturated heterocycles. The SMILES string of the molecule is Cc1noc(C)c1S(=O)(=O)N1CC(Oc2cc(C(F)(F)F)ccn2)C1. The molecule has 0 atom stereocenters. The van der Waals surface area contributed by atoms with Gasteiger partial charge in [-0.2, -0.15) is 17.5 Å². The van der Waals surface area contributed by atoms with Crippen molar-refractivity contribution in [2.45, 2.75) is 31.0 Å². The van der Waals surface area contributed by atoms with Crippen molar-refractivity contribution in [2.24, 2.45) is 0 Å². The van der Waals surface area contributed by atoms with E-state index in [4.69, 9.17) is 9.26 Å². The Hall–Kier alpha value is -2.14. The first-order valence-corrected chi connectivity index (χ1v) is 8.66. The van der Waals surface area contributed by atoms with Crippen LogP contribution in [0.15, 0.2) is 27.7 Å². The number of halogens is 3. The van der Waals surface area contributed by atoms with Crippen LogP contribution < -0.4 is 4.74 Å².